The number of amides is 2. The van der Waals surface area contributed by atoms with E-state index in [0.29, 0.717) is 34.9 Å². The highest BCUT2D eigenvalue weighted by molar-refractivity contribution is 7.10. The minimum atomic E-state index is -0.539. The van der Waals surface area contributed by atoms with E-state index in [9.17, 15) is 9.59 Å². The van der Waals surface area contributed by atoms with Gasteiger partial charge in [0.25, 0.3) is 0 Å². The van der Waals surface area contributed by atoms with Gasteiger partial charge in [0, 0.05) is 28.6 Å². The summed E-state index contributed by atoms with van der Waals surface area (Å²) < 4.78 is 10.8. The van der Waals surface area contributed by atoms with Crippen molar-refractivity contribution >= 4 is 40.2 Å². The van der Waals surface area contributed by atoms with Crippen molar-refractivity contribution in [3.8, 4) is 11.5 Å². The van der Waals surface area contributed by atoms with Gasteiger partial charge in [-0.25, -0.2) is 4.79 Å². The van der Waals surface area contributed by atoms with Gasteiger partial charge in [0.1, 0.15) is 17.5 Å². The predicted octanol–water partition coefficient (Wildman–Crippen LogP) is 5.98. The van der Waals surface area contributed by atoms with Crippen LogP contribution in [0, 0.1) is 0 Å². The summed E-state index contributed by atoms with van der Waals surface area (Å²) in [6.07, 6.45) is 2.03. The number of nitrogens with zero attached hydrogens (tertiary/aromatic N) is 1. The molecule has 8 heteroatoms. The molecule has 0 fully saturated rings. The summed E-state index contributed by atoms with van der Waals surface area (Å²) in [5, 5.41) is 8.44. The fraction of sp³-hybridized carbons (Fsp3) is 0.231. The molecule has 2 aliphatic rings. The van der Waals surface area contributed by atoms with Gasteiger partial charge in [0.15, 0.2) is 5.78 Å². The van der Waals surface area contributed by atoms with E-state index in [0.717, 1.165) is 29.1 Å². The molecule has 2 N–H and O–H groups in total. The molecule has 0 spiro atoms. The van der Waals surface area contributed by atoms with Crippen LogP contribution in [0.5, 0.6) is 11.5 Å². The van der Waals surface area contributed by atoms with Crippen molar-refractivity contribution in [3.05, 3.63) is 76.1 Å². The monoisotopic (exact) mass is 475 g/mol. The lowest BCUT2D eigenvalue weighted by molar-refractivity contribution is -0.116. The highest BCUT2D eigenvalue weighted by Crippen LogP contribution is 2.46. The van der Waals surface area contributed by atoms with Gasteiger partial charge in [-0.15, -0.1) is 11.3 Å². The number of rotatable bonds is 4. The number of urea groups is 1. The number of carbonyl (C=O) groups is 2. The number of Topliss-reactive ketones (excluding diaryl/α,β-unsaturated/α-hetero) is 1. The Kier molecular flexibility index (Phi) is 5.98. The highest BCUT2D eigenvalue weighted by atomic mass is 32.1. The fourth-order valence-electron chi connectivity index (χ4n) is 4.55. The van der Waals surface area contributed by atoms with Crippen LogP contribution < -0.4 is 25.0 Å². The van der Waals surface area contributed by atoms with E-state index in [2.05, 4.69) is 10.6 Å². The van der Waals surface area contributed by atoms with Crippen LogP contribution in [0.1, 0.15) is 30.2 Å². The van der Waals surface area contributed by atoms with E-state index in [-0.39, 0.29) is 11.8 Å². The lowest BCUT2D eigenvalue weighted by Gasteiger charge is -2.33. The molecule has 0 unspecified atom stereocenters. The molecule has 5 rings (SSSR count). The maximum atomic E-state index is 14.0. The van der Waals surface area contributed by atoms with Gasteiger partial charge in [-0.3, -0.25) is 9.69 Å². The maximum absolute atomic E-state index is 14.0. The Hall–Kier alpha value is -3.78. The van der Waals surface area contributed by atoms with Crippen LogP contribution in [0.3, 0.4) is 0 Å². The number of anilines is 3. The van der Waals surface area contributed by atoms with Crippen molar-refractivity contribution in [2.24, 2.45) is 0 Å². The number of thiophene rings is 1. The van der Waals surface area contributed by atoms with E-state index in [4.69, 9.17) is 9.47 Å². The predicted molar refractivity (Wildman–Crippen MR) is 134 cm³/mol. The third kappa shape index (κ3) is 3.90. The summed E-state index contributed by atoms with van der Waals surface area (Å²) in [6, 6.07) is 15.9. The molecule has 0 saturated carbocycles. The quantitative estimate of drug-likeness (QED) is 0.485. The zero-order chi connectivity index (χ0) is 23.7. The van der Waals surface area contributed by atoms with Crippen molar-refractivity contribution in [1.82, 2.24) is 0 Å². The van der Waals surface area contributed by atoms with Gasteiger partial charge < -0.3 is 20.1 Å². The summed E-state index contributed by atoms with van der Waals surface area (Å²) in [6.45, 7) is 0. The summed E-state index contributed by atoms with van der Waals surface area (Å²) in [4.78, 5) is 29.8. The lowest BCUT2D eigenvalue weighted by Crippen LogP contribution is -2.40. The van der Waals surface area contributed by atoms with Gasteiger partial charge in [-0.05, 0) is 48.6 Å². The van der Waals surface area contributed by atoms with Gasteiger partial charge in [-0.2, -0.15) is 0 Å². The molecule has 3 aromatic rings. The van der Waals surface area contributed by atoms with Crippen LogP contribution >= 0.6 is 11.3 Å². The number of hydrogen-bond acceptors (Lipinski definition) is 6. The number of nitrogens with one attached hydrogen (secondary N) is 2. The molecular formula is C26H25N3O4S. The molecule has 2 amide bonds. The SMILES string of the molecule is COc1ccc(NC(=O)N2c3ccccc3NC3=C(C(=O)CCC3)[C@@H]2c2cccs2)c(OC)c1. The first-order valence-electron chi connectivity index (χ1n) is 11.1. The number of methoxy groups -OCH3 is 2. The topological polar surface area (TPSA) is 79.9 Å². The maximum Gasteiger partial charge on any atom is 0.327 e. The molecule has 1 aromatic heterocycles. The van der Waals surface area contributed by atoms with Gasteiger partial charge >= 0.3 is 6.03 Å². The Morgan fingerprint density at radius 3 is 2.71 bits per heavy atom. The molecule has 174 valence electrons. The third-order valence-electron chi connectivity index (χ3n) is 6.12. The number of para-hydroxylation sites is 2. The number of ketones is 1. The Balaban J connectivity index is 1.64. The van der Waals surface area contributed by atoms with Crippen LogP contribution in [0.15, 0.2) is 71.2 Å². The molecular weight excluding hydrogens is 450 g/mol. The standard InChI is InChI=1S/C26H25N3O4S/c1-32-16-12-13-18(22(15-16)33-2)28-26(31)29-20-9-4-3-7-17(20)27-19-8-5-10-21(30)24(19)25(29)23-11-6-14-34-23/h3-4,6-7,9,11-15,25,27H,5,8,10H2,1-2H3,(H,28,31)/t25-/m0/s1. The minimum absolute atomic E-state index is 0.0692. The largest absolute Gasteiger partial charge is 0.497 e. The molecule has 1 aliphatic carbocycles. The molecule has 1 atom stereocenters. The van der Waals surface area contributed by atoms with Crippen LogP contribution in [0.25, 0.3) is 0 Å². The Bertz CT molecular complexity index is 1270. The average molecular weight is 476 g/mol. The number of hydrogen-bond donors (Lipinski definition) is 2. The van der Waals surface area contributed by atoms with Crippen molar-refractivity contribution in [2.45, 2.75) is 25.3 Å². The minimum Gasteiger partial charge on any atom is -0.497 e. The van der Waals surface area contributed by atoms with Crippen LogP contribution in [-0.4, -0.2) is 26.0 Å². The first-order chi connectivity index (χ1) is 16.6. The van der Waals surface area contributed by atoms with E-state index < -0.39 is 6.04 Å². The molecule has 34 heavy (non-hydrogen) atoms. The molecule has 2 heterocycles. The van der Waals surface area contributed by atoms with Crippen molar-refractivity contribution in [3.63, 3.8) is 0 Å². The van der Waals surface area contributed by atoms with Gasteiger partial charge in [0.2, 0.25) is 0 Å². The number of allylic oxidation sites excluding steroid dienone is 1. The number of ether oxygens (including phenoxy) is 2. The number of carbonyl (C=O) groups excluding carboxylic acids is 2. The van der Waals surface area contributed by atoms with Crippen LogP contribution in [0.2, 0.25) is 0 Å². The second kappa shape index (κ2) is 9.23. The molecule has 1 aliphatic heterocycles. The van der Waals surface area contributed by atoms with E-state index in [1.807, 2.05) is 41.8 Å². The third-order valence-corrected chi connectivity index (χ3v) is 7.04. The molecule has 0 bridgehead atoms. The van der Waals surface area contributed by atoms with Crippen molar-refractivity contribution in [2.75, 3.05) is 29.8 Å². The summed E-state index contributed by atoms with van der Waals surface area (Å²) >= 11 is 1.53. The molecule has 0 saturated heterocycles. The number of fused-ring (bicyclic) bond motifs is 1. The van der Waals surface area contributed by atoms with Crippen LogP contribution in [-0.2, 0) is 4.79 Å². The average Bonchev–Trinajstić information content (AvgIpc) is 3.33. The summed E-state index contributed by atoms with van der Waals surface area (Å²) in [7, 11) is 3.12. The second-order valence-electron chi connectivity index (χ2n) is 8.10. The van der Waals surface area contributed by atoms with Crippen LogP contribution in [0.4, 0.5) is 21.9 Å². The Morgan fingerprint density at radius 1 is 1.09 bits per heavy atom. The molecule has 0 radical (unpaired) electrons. The van der Waals surface area contributed by atoms with Gasteiger partial charge in [0.05, 0.1) is 31.3 Å². The summed E-state index contributed by atoms with van der Waals surface area (Å²) in [5.74, 6) is 1.17. The van der Waals surface area contributed by atoms with E-state index in [1.165, 1.54) is 11.3 Å². The first kappa shape index (κ1) is 22.0. The zero-order valence-electron chi connectivity index (χ0n) is 19.0. The van der Waals surface area contributed by atoms with E-state index in [1.54, 1.807) is 37.3 Å². The summed E-state index contributed by atoms with van der Waals surface area (Å²) in [5.41, 5.74) is 3.55. The first-order valence-corrected chi connectivity index (χ1v) is 12.0. The van der Waals surface area contributed by atoms with Crippen molar-refractivity contribution in [1.29, 1.82) is 0 Å². The van der Waals surface area contributed by atoms with E-state index >= 15 is 0 Å². The Morgan fingerprint density at radius 2 is 1.94 bits per heavy atom. The number of benzene rings is 2. The normalized spacial score (nSPS) is 17.3. The highest BCUT2D eigenvalue weighted by Gasteiger charge is 2.40. The van der Waals surface area contributed by atoms with Crippen molar-refractivity contribution < 1.29 is 19.1 Å². The Labute approximate surface area is 202 Å². The zero-order valence-corrected chi connectivity index (χ0v) is 19.8. The molecule has 2 aromatic carbocycles. The molecule has 7 nitrogen and oxygen atoms in total. The smallest absolute Gasteiger partial charge is 0.327 e. The van der Waals surface area contributed by atoms with Gasteiger partial charge in [-0.1, -0.05) is 18.2 Å². The lowest BCUT2D eigenvalue weighted by atomic mass is 9.88. The fourth-order valence-corrected chi connectivity index (χ4v) is 5.37. The second-order valence-corrected chi connectivity index (χ2v) is 9.07.